The van der Waals surface area contributed by atoms with Gasteiger partial charge >= 0.3 is 0 Å². The third-order valence-corrected chi connectivity index (χ3v) is 3.96. The lowest BCUT2D eigenvalue weighted by Gasteiger charge is -2.15. The maximum absolute atomic E-state index is 12.1. The SMILES string of the molecule is CCNC(=NCC(=O)N1CCCC1)NCCc1cccc(C)c1. The van der Waals surface area contributed by atoms with Gasteiger partial charge in [0.15, 0.2) is 5.96 Å². The van der Waals surface area contributed by atoms with Crippen molar-refractivity contribution in [2.75, 3.05) is 32.7 Å². The van der Waals surface area contributed by atoms with Gasteiger partial charge in [-0.1, -0.05) is 29.8 Å². The molecule has 1 aliphatic rings. The van der Waals surface area contributed by atoms with Crippen LogP contribution in [0, 0.1) is 6.92 Å². The average Bonchev–Trinajstić information content (AvgIpc) is 3.07. The van der Waals surface area contributed by atoms with Gasteiger partial charge in [0.2, 0.25) is 5.91 Å². The van der Waals surface area contributed by atoms with Gasteiger partial charge in [-0.3, -0.25) is 4.79 Å². The smallest absolute Gasteiger partial charge is 0.244 e. The van der Waals surface area contributed by atoms with Crippen LogP contribution in [0.4, 0.5) is 0 Å². The second-order valence-corrected chi connectivity index (χ2v) is 5.95. The molecule has 23 heavy (non-hydrogen) atoms. The first-order chi connectivity index (χ1) is 11.2. The van der Waals surface area contributed by atoms with Crippen LogP contribution in [0.5, 0.6) is 0 Å². The van der Waals surface area contributed by atoms with Crippen molar-refractivity contribution in [2.24, 2.45) is 4.99 Å². The van der Waals surface area contributed by atoms with Crippen LogP contribution in [0.15, 0.2) is 29.3 Å². The second-order valence-electron chi connectivity index (χ2n) is 5.95. The number of hydrogen-bond acceptors (Lipinski definition) is 2. The van der Waals surface area contributed by atoms with Gasteiger partial charge in [0.25, 0.3) is 0 Å². The predicted molar refractivity (Wildman–Crippen MR) is 94.7 cm³/mol. The predicted octanol–water partition coefficient (Wildman–Crippen LogP) is 1.72. The van der Waals surface area contributed by atoms with Crippen molar-refractivity contribution in [3.05, 3.63) is 35.4 Å². The van der Waals surface area contributed by atoms with Crippen LogP contribution in [0.2, 0.25) is 0 Å². The molecule has 0 aromatic heterocycles. The van der Waals surface area contributed by atoms with E-state index in [-0.39, 0.29) is 12.5 Å². The number of carbonyl (C=O) groups is 1. The van der Waals surface area contributed by atoms with Crippen molar-refractivity contribution < 1.29 is 4.79 Å². The molecule has 0 unspecified atom stereocenters. The Morgan fingerprint density at radius 2 is 2.04 bits per heavy atom. The maximum atomic E-state index is 12.1. The molecule has 1 aromatic rings. The van der Waals surface area contributed by atoms with Gasteiger partial charge < -0.3 is 15.5 Å². The molecule has 1 saturated heterocycles. The number of benzene rings is 1. The van der Waals surface area contributed by atoms with Gasteiger partial charge in [-0.2, -0.15) is 0 Å². The minimum Gasteiger partial charge on any atom is -0.357 e. The molecule has 1 aliphatic heterocycles. The molecule has 5 heteroatoms. The molecule has 5 nitrogen and oxygen atoms in total. The summed E-state index contributed by atoms with van der Waals surface area (Å²) >= 11 is 0. The first kappa shape index (κ1) is 17.3. The lowest BCUT2D eigenvalue weighted by atomic mass is 10.1. The number of aliphatic imine (C=N–C) groups is 1. The zero-order valence-electron chi connectivity index (χ0n) is 14.3. The highest BCUT2D eigenvalue weighted by molar-refractivity contribution is 5.85. The number of carbonyl (C=O) groups excluding carboxylic acids is 1. The van der Waals surface area contributed by atoms with E-state index in [2.05, 4.69) is 46.8 Å². The molecular formula is C18H28N4O. The molecule has 126 valence electrons. The fourth-order valence-corrected chi connectivity index (χ4v) is 2.75. The van der Waals surface area contributed by atoms with Crippen molar-refractivity contribution in [2.45, 2.75) is 33.1 Å². The molecule has 0 saturated carbocycles. The highest BCUT2D eigenvalue weighted by Gasteiger charge is 2.17. The van der Waals surface area contributed by atoms with Crippen molar-refractivity contribution in [3.63, 3.8) is 0 Å². The summed E-state index contributed by atoms with van der Waals surface area (Å²) in [4.78, 5) is 18.4. The zero-order valence-corrected chi connectivity index (χ0v) is 14.3. The number of likely N-dealkylation sites (tertiary alicyclic amines) is 1. The molecule has 0 aliphatic carbocycles. The lowest BCUT2D eigenvalue weighted by Crippen LogP contribution is -2.39. The van der Waals surface area contributed by atoms with E-state index in [1.807, 2.05) is 11.8 Å². The Morgan fingerprint density at radius 1 is 1.26 bits per heavy atom. The minimum atomic E-state index is 0.124. The molecular weight excluding hydrogens is 288 g/mol. The Kier molecular flexibility index (Phi) is 6.91. The average molecular weight is 316 g/mol. The van der Waals surface area contributed by atoms with E-state index in [4.69, 9.17) is 0 Å². The molecule has 1 heterocycles. The van der Waals surface area contributed by atoms with Crippen LogP contribution < -0.4 is 10.6 Å². The highest BCUT2D eigenvalue weighted by atomic mass is 16.2. The van der Waals surface area contributed by atoms with Crippen molar-refractivity contribution in [1.82, 2.24) is 15.5 Å². The fraction of sp³-hybridized carbons (Fsp3) is 0.556. The van der Waals surface area contributed by atoms with E-state index in [1.54, 1.807) is 0 Å². The van der Waals surface area contributed by atoms with E-state index in [0.717, 1.165) is 45.4 Å². The number of aryl methyl sites for hydroxylation is 1. The molecule has 1 aromatic carbocycles. The van der Waals surface area contributed by atoms with Crippen LogP contribution in [0.1, 0.15) is 30.9 Å². The Hall–Kier alpha value is -2.04. The number of hydrogen-bond donors (Lipinski definition) is 2. The van der Waals surface area contributed by atoms with Crippen LogP contribution in [0.3, 0.4) is 0 Å². The Labute approximate surface area is 139 Å². The van der Waals surface area contributed by atoms with Gasteiger partial charge in [-0.15, -0.1) is 0 Å². The molecule has 0 bridgehead atoms. The first-order valence-corrected chi connectivity index (χ1v) is 8.54. The monoisotopic (exact) mass is 316 g/mol. The topological polar surface area (TPSA) is 56.7 Å². The summed E-state index contributed by atoms with van der Waals surface area (Å²) in [6.45, 7) is 7.70. The van der Waals surface area contributed by atoms with Crippen LogP contribution >= 0.6 is 0 Å². The fourth-order valence-electron chi connectivity index (χ4n) is 2.75. The number of rotatable bonds is 6. The molecule has 1 amide bonds. The number of guanidine groups is 1. The summed E-state index contributed by atoms with van der Waals surface area (Å²) in [7, 11) is 0. The third-order valence-electron chi connectivity index (χ3n) is 3.96. The highest BCUT2D eigenvalue weighted by Crippen LogP contribution is 2.07. The van der Waals surface area contributed by atoms with Gasteiger partial charge in [0.05, 0.1) is 0 Å². The lowest BCUT2D eigenvalue weighted by molar-refractivity contribution is -0.128. The van der Waals surface area contributed by atoms with E-state index in [0.29, 0.717) is 5.96 Å². The number of amides is 1. The molecule has 1 fully saturated rings. The quantitative estimate of drug-likeness (QED) is 0.620. The first-order valence-electron chi connectivity index (χ1n) is 8.54. The zero-order chi connectivity index (χ0) is 16.5. The molecule has 2 N–H and O–H groups in total. The van der Waals surface area contributed by atoms with Gasteiger partial charge in [-0.05, 0) is 38.7 Å². The Balaban J connectivity index is 1.80. The van der Waals surface area contributed by atoms with Crippen LogP contribution in [0.25, 0.3) is 0 Å². The summed E-state index contributed by atoms with van der Waals surface area (Å²) in [5.74, 6) is 0.839. The van der Waals surface area contributed by atoms with E-state index >= 15 is 0 Å². The number of nitrogens with one attached hydrogen (secondary N) is 2. The molecule has 0 atom stereocenters. The van der Waals surface area contributed by atoms with Crippen molar-refractivity contribution in [3.8, 4) is 0 Å². The summed E-state index contributed by atoms with van der Waals surface area (Å²) < 4.78 is 0. The van der Waals surface area contributed by atoms with E-state index in [9.17, 15) is 4.79 Å². The summed E-state index contributed by atoms with van der Waals surface area (Å²) in [5, 5.41) is 6.50. The Bertz CT molecular complexity index is 536. The summed E-state index contributed by atoms with van der Waals surface area (Å²) in [5.41, 5.74) is 2.58. The third kappa shape index (κ3) is 5.93. The van der Waals surface area contributed by atoms with Gasteiger partial charge in [0, 0.05) is 26.2 Å². The summed E-state index contributed by atoms with van der Waals surface area (Å²) in [6, 6.07) is 8.52. The van der Waals surface area contributed by atoms with E-state index < -0.39 is 0 Å². The maximum Gasteiger partial charge on any atom is 0.244 e. The normalized spacial score (nSPS) is 14.9. The van der Waals surface area contributed by atoms with Gasteiger partial charge in [-0.25, -0.2) is 4.99 Å². The van der Waals surface area contributed by atoms with Crippen LogP contribution in [-0.2, 0) is 11.2 Å². The largest absolute Gasteiger partial charge is 0.357 e. The molecule has 0 spiro atoms. The second kappa shape index (κ2) is 9.18. The summed E-state index contributed by atoms with van der Waals surface area (Å²) in [6.07, 6.45) is 3.17. The number of nitrogens with zero attached hydrogens (tertiary/aromatic N) is 2. The van der Waals surface area contributed by atoms with Gasteiger partial charge in [0.1, 0.15) is 6.54 Å². The van der Waals surface area contributed by atoms with Crippen LogP contribution in [-0.4, -0.2) is 49.5 Å². The minimum absolute atomic E-state index is 0.124. The molecule has 2 rings (SSSR count). The molecule has 0 radical (unpaired) electrons. The standard InChI is InChI=1S/C18H28N4O/c1-3-19-18(21-14-17(23)22-11-4-5-12-22)20-10-9-16-8-6-7-15(2)13-16/h6-8,13H,3-5,9-12,14H2,1-2H3,(H2,19,20,21). The van der Waals surface area contributed by atoms with E-state index in [1.165, 1.54) is 11.1 Å². The Morgan fingerprint density at radius 3 is 2.74 bits per heavy atom. The van der Waals surface area contributed by atoms with Crippen molar-refractivity contribution in [1.29, 1.82) is 0 Å². The van der Waals surface area contributed by atoms with Crippen molar-refractivity contribution >= 4 is 11.9 Å².